The van der Waals surface area contributed by atoms with Crippen molar-refractivity contribution in [3.05, 3.63) is 23.8 Å². The van der Waals surface area contributed by atoms with Gasteiger partial charge in [0.25, 0.3) is 0 Å². The number of likely N-dealkylation sites (N-methyl/N-ethyl adjacent to an activating group) is 1. The molecule has 1 aliphatic rings. The molecule has 0 radical (unpaired) electrons. The SMILES string of the molecule is COc1cc(C(C)NCC(C)N(C)C2CC2)ccc1O. The van der Waals surface area contributed by atoms with Gasteiger partial charge in [0.05, 0.1) is 7.11 Å². The summed E-state index contributed by atoms with van der Waals surface area (Å²) in [5.74, 6) is 0.713. The highest BCUT2D eigenvalue weighted by atomic mass is 16.5. The van der Waals surface area contributed by atoms with Crippen LogP contribution < -0.4 is 10.1 Å². The van der Waals surface area contributed by atoms with Crippen molar-refractivity contribution in [3.8, 4) is 11.5 Å². The summed E-state index contributed by atoms with van der Waals surface area (Å²) in [5.41, 5.74) is 1.13. The Labute approximate surface area is 121 Å². The van der Waals surface area contributed by atoms with Crippen molar-refractivity contribution in [3.63, 3.8) is 0 Å². The molecule has 4 heteroatoms. The number of nitrogens with zero attached hydrogens (tertiary/aromatic N) is 1. The Balaban J connectivity index is 1.89. The van der Waals surface area contributed by atoms with Gasteiger partial charge in [0.2, 0.25) is 0 Å². The van der Waals surface area contributed by atoms with E-state index >= 15 is 0 Å². The highest BCUT2D eigenvalue weighted by molar-refractivity contribution is 5.42. The smallest absolute Gasteiger partial charge is 0.160 e. The molecule has 0 saturated heterocycles. The van der Waals surface area contributed by atoms with E-state index < -0.39 is 0 Å². The normalized spacial score (nSPS) is 18.1. The number of rotatable bonds is 7. The average Bonchev–Trinajstić information content (AvgIpc) is 3.28. The number of nitrogens with one attached hydrogen (secondary N) is 1. The van der Waals surface area contributed by atoms with Crippen LogP contribution in [0.15, 0.2) is 18.2 Å². The molecule has 2 unspecified atom stereocenters. The zero-order chi connectivity index (χ0) is 14.7. The number of hydrogen-bond acceptors (Lipinski definition) is 4. The van der Waals surface area contributed by atoms with Gasteiger partial charge in [-0.2, -0.15) is 0 Å². The van der Waals surface area contributed by atoms with Gasteiger partial charge in [0.1, 0.15) is 0 Å². The fraction of sp³-hybridized carbons (Fsp3) is 0.625. The quantitative estimate of drug-likeness (QED) is 0.804. The van der Waals surface area contributed by atoms with Crippen LogP contribution in [0.3, 0.4) is 0 Å². The van der Waals surface area contributed by atoms with Crippen molar-refractivity contribution < 1.29 is 9.84 Å². The van der Waals surface area contributed by atoms with Crippen LogP contribution in [-0.4, -0.2) is 42.8 Å². The molecule has 1 fully saturated rings. The van der Waals surface area contributed by atoms with Gasteiger partial charge in [0.15, 0.2) is 11.5 Å². The fourth-order valence-corrected chi connectivity index (χ4v) is 2.41. The molecule has 4 nitrogen and oxygen atoms in total. The summed E-state index contributed by atoms with van der Waals surface area (Å²) in [6.45, 7) is 5.35. The molecular weight excluding hydrogens is 252 g/mol. The molecule has 0 aromatic heterocycles. The molecule has 20 heavy (non-hydrogen) atoms. The lowest BCUT2D eigenvalue weighted by Crippen LogP contribution is -2.39. The summed E-state index contributed by atoms with van der Waals surface area (Å²) < 4.78 is 5.15. The van der Waals surface area contributed by atoms with Crippen LogP contribution in [0.5, 0.6) is 11.5 Å². The maximum absolute atomic E-state index is 9.62. The molecule has 0 aliphatic heterocycles. The first kappa shape index (κ1) is 15.1. The summed E-state index contributed by atoms with van der Waals surface area (Å²) in [5, 5.41) is 13.2. The van der Waals surface area contributed by atoms with Crippen LogP contribution in [-0.2, 0) is 0 Å². The third kappa shape index (κ3) is 3.64. The fourth-order valence-electron chi connectivity index (χ4n) is 2.41. The Kier molecular flexibility index (Phi) is 4.89. The molecule has 2 N–H and O–H groups in total. The van der Waals surface area contributed by atoms with Crippen LogP contribution >= 0.6 is 0 Å². The first-order valence-corrected chi connectivity index (χ1v) is 7.35. The predicted molar refractivity (Wildman–Crippen MR) is 81.3 cm³/mol. The van der Waals surface area contributed by atoms with Gasteiger partial charge in [-0.15, -0.1) is 0 Å². The summed E-state index contributed by atoms with van der Waals surface area (Å²) in [4.78, 5) is 2.46. The minimum Gasteiger partial charge on any atom is -0.504 e. The molecule has 1 aliphatic carbocycles. The number of ether oxygens (including phenoxy) is 1. The lowest BCUT2D eigenvalue weighted by Gasteiger charge is -2.26. The molecule has 2 atom stereocenters. The number of methoxy groups -OCH3 is 1. The second kappa shape index (κ2) is 6.46. The number of phenols is 1. The van der Waals surface area contributed by atoms with Gasteiger partial charge in [-0.3, -0.25) is 4.90 Å². The van der Waals surface area contributed by atoms with E-state index in [2.05, 4.69) is 31.1 Å². The molecule has 1 aromatic carbocycles. The first-order valence-electron chi connectivity index (χ1n) is 7.35. The van der Waals surface area contributed by atoms with E-state index in [-0.39, 0.29) is 11.8 Å². The monoisotopic (exact) mass is 278 g/mol. The Morgan fingerprint density at radius 2 is 2.10 bits per heavy atom. The summed E-state index contributed by atoms with van der Waals surface area (Å²) in [6, 6.07) is 7.07. The zero-order valence-corrected chi connectivity index (χ0v) is 12.9. The van der Waals surface area contributed by atoms with E-state index in [9.17, 15) is 5.11 Å². The topological polar surface area (TPSA) is 44.7 Å². The highest BCUT2D eigenvalue weighted by Crippen LogP contribution is 2.29. The van der Waals surface area contributed by atoms with Crippen molar-refractivity contribution in [2.45, 2.75) is 44.8 Å². The summed E-state index contributed by atoms with van der Waals surface area (Å²) in [6.07, 6.45) is 2.68. The third-order valence-electron chi connectivity index (χ3n) is 4.24. The van der Waals surface area contributed by atoms with Crippen LogP contribution in [0.4, 0.5) is 0 Å². The maximum atomic E-state index is 9.62. The van der Waals surface area contributed by atoms with E-state index in [1.807, 2.05) is 12.1 Å². The molecule has 1 saturated carbocycles. The van der Waals surface area contributed by atoms with Crippen LogP contribution in [0.25, 0.3) is 0 Å². The van der Waals surface area contributed by atoms with E-state index in [0.29, 0.717) is 11.8 Å². The first-order chi connectivity index (χ1) is 9.52. The Bertz CT molecular complexity index is 446. The number of hydrogen-bond donors (Lipinski definition) is 2. The average molecular weight is 278 g/mol. The Morgan fingerprint density at radius 1 is 1.40 bits per heavy atom. The molecule has 112 valence electrons. The Hall–Kier alpha value is -1.26. The predicted octanol–water partition coefficient (Wildman–Crippen LogP) is 2.53. The third-order valence-corrected chi connectivity index (χ3v) is 4.24. The van der Waals surface area contributed by atoms with Crippen LogP contribution in [0.1, 0.15) is 38.3 Å². The number of phenolic OH excluding ortho intramolecular Hbond substituents is 1. The number of aromatic hydroxyl groups is 1. The van der Waals surface area contributed by atoms with Gasteiger partial charge in [0, 0.05) is 24.7 Å². The lowest BCUT2D eigenvalue weighted by molar-refractivity contribution is 0.237. The van der Waals surface area contributed by atoms with E-state index in [1.54, 1.807) is 13.2 Å². The van der Waals surface area contributed by atoms with Crippen molar-refractivity contribution >= 4 is 0 Å². The lowest BCUT2D eigenvalue weighted by atomic mass is 10.1. The van der Waals surface area contributed by atoms with Gasteiger partial charge in [-0.1, -0.05) is 6.07 Å². The van der Waals surface area contributed by atoms with Crippen molar-refractivity contribution in [1.82, 2.24) is 10.2 Å². The summed E-state index contributed by atoms with van der Waals surface area (Å²) >= 11 is 0. The largest absolute Gasteiger partial charge is 0.504 e. The molecule has 2 rings (SSSR count). The van der Waals surface area contributed by atoms with E-state index in [0.717, 1.165) is 18.2 Å². The van der Waals surface area contributed by atoms with Gasteiger partial charge < -0.3 is 15.2 Å². The van der Waals surface area contributed by atoms with Crippen molar-refractivity contribution in [2.75, 3.05) is 20.7 Å². The van der Waals surface area contributed by atoms with Gasteiger partial charge in [-0.05, 0) is 51.4 Å². The van der Waals surface area contributed by atoms with E-state index in [1.165, 1.54) is 12.8 Å². The molecule has 0 spiro atoms. The van der Waals surface area contributed by atoms with Crippen LogP contribution in [0, 0.1) is 0 Å². The van der Waals surface area contributed by atoms with E-state index in [4.69, 9.17) is 4.74 Å². The molecule has 0 heterocycles. The Morgan fingerprint density at radius 3 is 2.70 bits per heavy atom. The highest BCUT2D eigenvalue weighted by Gasteiger charge is 2.29. The molecule has 1 aromatic rings. The molecule has 0 bridgehead atoms. The number of benzene rings is 1. The van der Waals surface area contributed by atoms with Gasteiger partial charge in [-0.25, -0.2) is 0 Å². The maximum Gasteiger partial charge on any atom is 0.160 e. The van der Waals surface area contributed by atoms with Gasteiger partial charge >= 0.3 is 0 Å². The second-order valence-electron chi connectivity index (χ2n) is 5.81. The van der Waals surface area contributed by atoms with Crippen molar-refractivity contribution in [2.24, 2.45) is 0 Å². The standard InChI is InChI=1S/C16H26N2O2/c1-11(18(3)14-6-7-14)10-17-12(2)13-5-8-15(19)16(9-13)20-4/h5,8-9,11-12,14,17,19H,6-7,10H2,1-4H3. The van der Waals surface area contributed by atoms with Crippen molar-refractivity contribution in [1.29, 1.82) is 0 Å². The summed E-state index contributed by atoms with van der Waals surface area (Å²) in [7, 11) is 3.78. The minimum absolute atomic E-state index is 0.185. The minimum atomic E-state index is 0.185. The molecule has 0 amide bonds. The van der Waals surface area contributed by atoms with Crippen LogP contribution in [0.2, 0.25) is 0 Å². The molecular formula is C16H26N2O2. The zero-order valence-electron chi connectivity index (χ0n) is 12.9. The second-order valence-corrected chi connectivity index (χ2v) is 5.81.